The number of thioether (sulfide) groups is 1. The van der Waals surface area contributed by atoms with E-state index in [1.807, 2.05) is 43.3 Å². The minimum Gasteiger partial charge on any atom is -0.324 e. The molecule has 1 aliphatic heterocycles. The van der Waals surface area contributed by atoms with Gasteiger partial charge in [-0.1, -0.05) is 82.7 Å². The van der Waals surface area contributed by atoms with Crippen LogP contribution in [0.15, 0.2) is 71.8 Å². The number of hydrogen-bond acceptors (Lipinski definition) is 7. The first-order chi connectivity index (χ1) is 17.8. The summed E-state index contributed by atoms with van der Waals surface area (Å²) in [4.78, 5) is -0.961. The highest BCUT2D eigenvalue weighted by molar-refractivity contribution is 8.15. The Hall–Kier alpha value is -2.56. The summed E-state index contributed by atoms with van der Waals surface area (Å²) >= 11 is 15.8. The summed E-state index contributed by atoms with van der Waals surface area (Å²) in [6.45, 7) is 1.84. The summed E-state index contributed by atoms with van der Waals surface area (Å²) in [5, 5.41) is 17.6. The Morgan fingerprint density at radius 3 is 2.43 bits per heavy atom. The third-order valence-corrected chi connectivity index (χ3v) is 8.97. The molecule has 37 heavy (non-hydrogen) atoms. The van der Waals surface area contributed by atoms with E-state index in [4.69, 9.17) is 34.0 Å². The first-order valence-electron chi connectivity index (χ1n) is 11.4. The first kappa shape index (κ1) is 26.1. The molecule has 1 aromatic heterocycles. The number of benzene rings is 3. The first-order valence-corrected chi connectivity index (χ1v) is 13.8. The Labute approximate surface area is 231 Å². The highest BCUT2D eigenvalue weighted by Gasteiger charge is 2.49. The van der Waals surface area contributed by atoms with Gasteiger partial charge in [0.05, 0.1) is 0 Å². The fraction of sp³-hybridized carbons (Fsp3) is 0.192. The van der Waals surface area contributed by atoms with Gasteiger partial charge in [0, 0.05) is 27.2 Å². The average Bonchev–Trinajstić information content (AvgIpc) is 3.48. The predicted octanol–water partition coefficient (Wildman–Crippen LogP) is 7.68. The molecule has 190 valence electrons. The van der Waals surface area contributed by atoms with Crippen molar-refractivity contribution >= 4 is 56.5 Å². The summed E-state index contributed by atoms with van der Waals surface area (Å²) in [6, 6.07) is 17.8. The number of hydrazone groups is 1. The second-order valence-corrected chi connectivity index (χ2v) is 11.7. The molecule has 0 radical (unpaired) electrons. The number of hydrogen-bond donors (Lipinski definition) is 1. The molecule has 2 atom stereocenters. The van der Waals surface area contributed by atoms with Gasteiger partial charge in [-0.2, -0.15) is 5.10 Å². The van der Waals surface area contributed by atoms with Crippen LogP contribution in [0.4, 0.5) is 13.9 Å². The number of rotatable bonds is 7. The van der Waals surface area contributed by atoms with Gasteiger partial charge in [-0.25, -0.2) is 13.8 Å². The van der Waals surface area contributed by atoms with Gasteiger partial charge in [-0.15, -0.1) is 10.2 Å². The van der Waals surface area contributed by atoms with Gasteiger partial charge in [0.25, 0.3) is 0 Å². The van der Waals surface area contributed by atoms with E-state index >= 15 is 0 Å². The summed E-state index contributed by atoms with van der Waals surface area (Å²) in [6.07, 6.45) is 0.932. The van der Waals surface area contributed by atoms with Crippen LogP contribution < -0.4 is 10.7 Å². The minimum atomic E-state index is -0.961. The van der Waals surface area contributed by atoms with Crippen molar-refractivity contribution in [2.75, 3.05) is 5.01 Å². The molecule has 5 rings (SSSR count). The molecular weight excluding hydrogens is 555 g/mol. The minimum absolute atomic E-state index is 0.0561. The van der Waals surface area contributed by atoms with Crippen molar-refractivity contribution in [2.24, 2.45) is 10.8 Å². The van der Waals surface area contributed by atoms with Crippen molar-refractivity contribution in [1.29, 1.82) is 0 Å². The lowest BCUT2D eigenvalue weighted by molar-refractivity contribution is 0.485. The number of nitrogens with two attached hydrogens (primary N) is 1. The standard InChI is InChI=1S/C26H21Cl2F2N5S2/c1-15-32-33-25(36-15)35-26(19-7-3-5-9-21(19)28,13-12-23(31)17-6-2-4-8-20(17)27)37-24(34-35)18-14-16(29)10-11-22(18)30/h2-11,14,23H,12-13,31H2,1H3. The van der Waals surface area contributed by atoms with Gasteiger partial charge in [0.1, 0.15) is 26.6 Å². The SMILES string of the molecule is Cc1nnc(N2N=C(c3cc(F)ccc3F)SC2(CCC(N)c2ccccc2Cl)c2ccccc2Cl)s1. The van der Waals surface area contributed by atoms with Crippen LogP contribution in [0.1, 0.15) is 40.6 Å². The number of anilines is 1. The lowest BCUT2D eigenvalue weighted by atomic mass is 9.95. The zero-order valence-electron chi connectivity index (χ0n) is 19.5. The van der Waals surface area contributed by atoms with Gasteiger partial charge in [-0.05, 0) is 55.7 Å². The van der Waals surface area contributed by atoms with Crippen molar-refractivity contribution in [3.05, 3.63) is 110 Å². The molecule has 4 aromatic rings. The topological polar surface area (TPSA) is 67.4 Å². The molecule has 2 heterocycles. The Morgan fingerprint density at radius 2 is 1.73 bits per heavy atom. The molecule has 3 aromatic carbocycles. The zero-order chi connectivity index (χ0) is 26.2. The van der Waals surface area contributed by atoms with E-state index < -0.39 is 16.5 Å². The molecular formula is C26H21Cl2F2N5S2. The quantitative estimate of drug-likeness (QED) is 0.245. The summed E-state index contributed by atoms with van der Waals surface area (Å²) < 4.78 is 29.1. The lowest BCUT2D eigenvalue weighted by Crippen LogP contribution is -2.38. The van der Waals surface area contributed by atoms with Crippen molar-refractivity contribution < 1.29 is 8.78 Å². The molecule has 0 fully saturated rings. The van der Waals surface area contributed by atoms with E-state index in [9.17, 15) is 8.78 Å². The largest absolute Gasteiger partial charge is 0.324 e. The normalized spacial score (nSPS) is 18.2. The molecule has 5 nitrogen and oxygen atoms in total. The Kier molecular flexibility index (Phi) is 7.51. The van der Waals surface area contributed by atoms with Crippen LogP contribution in [0.25, 0.3) is 0 Å². The lowest BCUT2D eigenvalue weighted by Gasteiger charge is -2.36. The van der Waals surface area contributed by atoms with E-state index in [-0.39, 0.29) is 11.6 Å². The van der Waals surface area contributed by atoms with E-state index in [0.717, 1.165) is 34.3 Å². The van der Waals surface area contributed by atoms with Crippen LogP contribution in [-0.4, -0.2) is 15.2 Å². The second-order valence-electron chi connectivity index (χ2n) is 8.48. The highest BCUT2D eigenvalue weighted by atomic mass is 35.5. The van der Waals surface area contributed by atoms with Crippen LogP contribution in [0.5, 0.6) is 0 Å². The molecule has 0 saturated carbocycles. The van der Waals surface area contributed by atoms with Gasteiger partial charge in [0.15, 0.2) is 0 Å². The van der Waals surface area contributed by atoms with E-state index in [0.29, 0.717) is 33.1 Å². The molecule has 2 N–H and O–H groups in total. The number of halogens is 4. The summed E-state index contributed by atoms with van der Waals surface area (Å²) in [5.74, 6) is -1.14. The molecule has 11 heteroatoms. The van der Waals surface area contributed by atoms with E-state index in [1.54, 1.807) is 17.1 Å². The average molecular weight is 577 g/mol. The molecule has 0 bridgehead atoms. The summed E-state index contributed by atoms with van der Waals surface area (Å²) in [7, 11) is 0. The molecule has 0 amide bonds. The molecule has 0 spiro atoms. The Morgan fingerprint density at radius 1 is 1.00 bits per heavy atom. The van der Waals surface area contributed by atoms with Gasteiger partial charge in [0.2, 0.25) is 5.13 Å². The Bertz CT molecular complexity index is 1480. The van der Waals surface area contributed by atoms with Gasteiger partial charge in [-0.3, -0.25) is 0 Å². The smallest absolute Gasteiger partial charge is 0.230 e. The van der Waals surface area contributed by atoms with Crippen molar-refractivity contribution in [3.8, 4) is 0 Å². The van der Waals surface area contributed by atoms with E-state index in [2.05, 4.69) is 10.2 Å². The maximum Gasteiger partial charge on any atom is 0.230 e. The second kappa shape index (κ2) is 10.7. The number of aryl methyl sites for hydroxylation is 1. The summed E-state index contributed by atoms with van der Waals surface area (Å²) in [5.41, 5.74) is 8.23. The van der Waals surface area contributed by atoms with Crippen LogP contribution in [-0.2, 0) is 4.87 Å². The monoisotopic (exact) mass is 575 g/mol. The van der Waals surface area contributed by atoms with Crippen LogP contribution in [0.2, 0.25) is 10.0 Å². The predicted molar refractivity (Wildman–Crippen MR) is 148 cm³/mol. The third kappa shape index (κ3) is 5.11. The van der Waals surface area contributed by atoms with Crippen LogP contribution >= 0.6 is 46.3 Å². The maximum atomic E-state index is 14.9. The van der Waals surface area contributed by atoms with Crippen molar-refractivity contribution in [1.82, 2.24) is 10.2 Å². The maximum absolute atomic E-state index is 14.9. The Balaban J connectivity index is 1.63. The van der Waals surface area contributed by atoms with Crippen LogP contribution in [0.3, 0.4) is 0 Å². The number of nitrogens with zero attached hydrogens (tertiary/aromatic N) is 4. The zero-order valence-corrected chi connectivity index (χ0v) is 22.7. The van der Waals surface area contributed by atoms with Gasteiger partial charge < -0.3 is 5.73 Å². The number of aromatic nitrogens is 2. The molecule has 1 aliphatic rings. The fourth-order valence-corrected chi connectivity index (χ4v) is 7.08. The van der Waals surface area contributed by atoms with E-state index in [1.165, 1.54) is 23.1 Å². The molecule has 0 saturated heterocycles. The van der Waals surface area contributed by atoms with Gasteiger partial charge >= 0.3 is 0 Å². The molecule has 0 aliphatic carbocycles. The van der Waals surface area contributed by atoms with Crippen LogP contribution in [0, 0.1) is 18.6 Å². The fourth-order valence-electron chi connectivity index (χ4n) is 4.26. The van der Waals surface area contributed by atoms with Crippen molar-refractivity contribution in [3.63, 3.8) is 0 Å². The third-order valence-electron chi connectivity index (χ3n) is 6.05. The highest BCUT2D eigenvalue weighted by Crippen LogP contribution is 2.54. The van der Waals surface area contributed by atoms with Crippen molar-refractivity contribution in [2.45, 2.75) is 30.7 Å². The molecule has 2 unspecified atom stereocenters.